The van der Waals surface area contributed by atoms with Gasteiger partial charge in [-0.2, -0.15) is 4.68 Å². The van der Waals surface area contributed by atoms with E-state index in [9.17, 15) is 24.5 Å². The summed E-state index contributed by atoms with van der Waals surface area (Å²) in [6, 6.07) is 0. The van der Waals surface area contributed by atoms with E-state index in [1.165, 1.54) is 6.92 Å². The quantitative estimate of drug-likeness (QED) is 0.238. The van der Waals surface area contributed by atoms with Gasteiger partial charge in [0.05, 0.1) is 17.8 Å². The van der Waals surface area contributed by atoms with Gasteiger partial charge in [-0.05, 0) is 4.92 Å². The average molecular weight is 268 g/mol. The smallest absolute Gasteiger partial charge is 0.402 e. The molecular formula is C9H8N4O6. The van der Waals surface area contributed by atoms with Crippen LogP contribution in [0.2, 0.25) is 0 Å². The van der Waals surface area contributed by atoms with Crippen molar-refractivity contribution in [3.63, 3.8) is 0 Å². The Morgan fingerprint density at radius 2 is 2.32 bits per heavy atom. The van der Waals surface area contributed by atoms with Gasteiger partial charge < -0.3 is 14.9 Å². The molecule has 0 atom stereocenters. The van der Waals surface area contributed by atoms with E-state index in [0.717, 1.165) is 17.0 Å². The average Bonchev–Trinajstić information content (AvgIpc) is 2.73. The summed E-state index contributed by atoms with van der Waals surface area (Å²) in [7, 11) is 0. The standard InChI is InChI=1S/C9H8N4O6/c1-6(15)19-3-2-12-4-7(9(16)10-5-14)8(11-12)13(17)18/h4H,2-3H2,1H3. The van der Waals surface area contributed by atoms with Gasteiger partial charge in [0.15, 0.2) is 5.56 Å². The molecule has 10 heteroatoms. The van der Waals surface area contributed by atoms with Gasteiger partial charge in [-0.1, -0.05) is 0 Å². The van der Waals surface area contributed by atoms with Gasteiger partial charge in [0.25, 0.3) is 5.91 Å². The Kier molecular flexibility index (Phi) is 4.61. The molecule has 0 spiro atoms. The van der Waals surface area contributed by atoms with Crippen molar-refractivity contribution in [3.8, 4) is 0 Å². The van der Waals surface area contributed by atoms with Crippen molar-refractivity contribution in [2.45, 2.75) is 13.5 Å². The SMILES string of the molecule is CC(=O)OCCn1cc(C(=O)N=C=O)c([N+](=O)[O-])n1. The van der Waals surface area contributed by atoms with Gasteiger partial charge in [-0.15, -0.1) is 4.99 Å². The van der Waals surface area contributed by atoms with Crippen molar-refractivity contribution >= 4 is 23.8 Å². The maximum Gasteiger partial charge on any atom is 0.402 e. The van der Waals surface area contributed by atoms with Crippen LogP contribution < -0.4 is 0 Å². The molecule has 1 aromatic rings. The second-order valence-corrected chi connectivity index (χ2v) is 3.23. The number of isocyanates is 1. The highest BCUT2D eigenvalue weighted by Crippen LogP contribution is 2.16. The monoisotopic (exact) mass is 268 g/mol. The molecule has 10 nitrogen and oxygen atoms in total. The molecule has 1 amide bonds. The zero-order valence-corrected chi connectivity index (χ0v) is 9.73. The molecule has 19 heavy (non-hydrogen) atoms. The highest BCUT2D eigenvalue weighted by molar-refractivity contribution is 6.00. The van der Waals surface area contributed by atoms with E-state index in [-0.39, 0.29) is 13.2 Å². The van der Waals surface area contributed by atoms with Crippen molar-refractivity contribution < 1.29 is 24.0 Å². The first kappa shape index (κ1) is 14.2. The van der Waals surface area contributed by atoms with E-state index in [2.05, 4.69) is 14.8 Å². The lowest BCUT2D eigenvalue weighted by molar-refractivity contribution is -0.390. The number of nitrogens with zero attached hydrogens (tertiary/aromatic N) is 4. The van der Waals surface area contributed by atoms with Crippen molar-refractivity contribution in [3.05, 3.63) is 21.9 Å². The number of nitro groups is 1. The number of hydrogen-bond donors (Lipinski definition) is 0. The number of hydrogen-bond acceptors (Lipinski definition) is 7. The summed E-state index contributed by atoms with van der Waals surface area (Å²) in [6.07, 6.45) is 2.04. The van der Waals surface area contributed by atoms with Gasteiger partial charge in [-0.3, -0.25) is 9.59 Å². The molecule has 1 heterocycles. The van der Waals surface area contributed by atoms with E-state index in [1.807, 2.05) is 0 Å². The van der Waals surface area contributed by atoms with Gasteiger partial charge in [0.1, 0.15) is 6.61 Å². The molecule has 0 aliphatic heterocycles. The molecule has 0 bridgehead atoms. The largest absolute Gasteiger partial charge is 0.464 e. The lowest BCUT2D eigenvalue weighted by Gasteiger charge is -1.98. The number of rotatable bonds is 5. The van der Waals surface area contributed by atoms with E-state index in [4.69, 9.17) is 0 Å². The summed E-state index contributed by atoms with van der Waals surface area (Å²) >= 11 is 0. The molecule has 0 aromatic carbocycles. The van der Waals surface area contributed by atoms with Crippen LogP contribution in [-0.4, -0.2) is 39.3 Å². The second kappa shape index (κ2) is 6.17. The summed E-state index contributed by atoms with van der Waals surface area (Å²) in [6.45, 7) is 1.18. The number of carbonyl (C=O) groups is 2. The van der Waals surface area contributed by atoms with Gasteiger partial charge >= 0.3 is 11.8 Å². The fourth-order valence-electron chi connectivity index (χ4n) is 1.20. The molecule has 0 aliphatic carbocycles. The Hall–Kier alpha value is -2.87. The molecule has 0 aliphatic rings. The molecule has 100 valence electrons. The zero-order valence-electron chi connectivity index (χ0n) is 9.73. The molecule has 1 aromatic heterocycles. The minimum Gasteiger partial charge on any atom is -0.464 e. The summed E-state index contributed by atoms with van der Waals surface area (Å²) in [5, 5.41) is 14.2. The van der Waals surface area contributed by atoms with Crippen LogP contribution in [0, 0.1) is 10.1 Å². The third kappa shape index (κ3) is 3.82. The third-order valence-electron chi connectivity index (χ3n) is 1.92. The number of carbonyl (C=O) groups excluding carboxylic acids is 3. The fourth-order valence-corrected chi connectivity index (χ4v) is 1.20. The molecule has 0 saturated carbocycles. The van der Waals surface area contributed by atoms with Crippen molar-refractivity contribution in [1.29, 1.82) is 0 Å². The minimum atomic E-state index is -1.11. The van der Waals surface area contributed by atoms with E-state index < -0.39 is 28.2 Å². The lowest BCUT2D eigenvalue weighted by atomic mass is 10.3. The van der Waals surface area contributed by atoms with E-state index in [1.54, 1.807) is 0 Å². The van der Waals surface area contributed by atoms with Gasteiger partial charge in [-0.25, -0.2) is 4.79 Å². The number of esters is 1. The molecule has 0 radical (unpaired) electrons. The van der Waals surface area contributed by atoms with Crippen LogP contribution in [0.3, 0.4) is 0 Å². The third-order valence-corrected chi connectivity index (χ3v) is 1.92. The second-order valence-electron chi connectivity index (χ2n) is 3.23. The van der Waals surface area contributed by atoms with Crippen LogP contribution in [-0.2, 0) is 20.9 Å². The highest BCUT2D eigenvalue weighted by Gasteiger charge is 2.26. The topological polar surface area (TPSA) is 134 Å². The molecule has 0 saturated heterocycles. The minimum absolute atomic E-state index is 0.0263. The molecule has 0 N–H and O–H groups in total. The molecule has 1 rings (SSSR count). The van der Waals surface area contributed by atoms with Crippen LogP contribution in [0.4, 0.5) is 5.82 Å². The lowest BCUT2D eigenvalue weighted by Crippen LogP contribution is -2.09. The van der Waals surface area contributed by atoms with Crippen LogP contribution in [0.5, 0.6) is 0 Å². The van der Waals surface area contributed by atoms with Crippen LogP contribution in [0.25, 0.3) is 0 Å². The highest BCUT2D eigenvalue weighted by atomic mass is 16.6. The Labute approximate surface area is 105 Å². The number of ether oxygens (including phenoxy) is 1. The Balaban J connectivity index is 2.94. The first-order valence-electron chi connectivity index (χ1n) is 4.93. The van der Waals surface area contributed by atoms with E-state index in [0.29, 0.717) is 0 Å². The summed E-state index contributed by atoms with van der Waals surface area (Å²) in [5.74, 6) is -2.35. The Morgan fingerprint density at radius 3 is 2.84 bits per heavy atom. The van der Waals surface area contributed by atoms with Crippen LogP contribution >= 0.6 is 0 Å². The first-order chi connectivity index (χ1) is 8.95. The summed E-state index contributed by atoms with van der Waals surface area (Å²) in [4.78, 5) is 44.4. The Bertz CT molecular complexity index is 571. The van der Waals surface area contributed by atoms with Crippen molar-refractivity contribution in [2.24, 2.45) is 4.99 Å². The summed E-state index contributed by atoms with van der Waals surface area (Å²) < 4.78 is 5.67. The first-order valence-corrected chi connectivity index (χ1v) is 4.93. The maximum absolute atomic E-state index is 11.3. The van der Waals surface area contributed by atoms with Crippen LogP contribution in [0.1, 0.15) is 17.3 Å². The predicted octanol–water partition coefficient (Wildman–Crippen LogP) is -0.170. The van der Waals surface area contributed by atoms with Crippen molar-refractivity contribution in [2.75, 3.05) is 6.61 Å². The molecule has 0 unspecified atom stereocenters. The van der Waals surface area contributed by atoms with Gasteiger partial charge in [0.2, 0.25) is 6.08 Å². The van der Waals surface area contributed by atoms with Gasteiger partial charge in [0, 0.05) is 6.92 Å². The molecule has 0 fully saturated rings. The Morgan fingerprint density at radius 1 is 1.63 bits per heavy atom. The molecular weight excluding hydrogens is 260 g/mol. The predicted molar refractivity (Wildman–Crippen MR) is 58.0 cm³/mol. The number of amides is 1. The number of aromatic nitrogens is 2. The fraction of sp³-hybridized carbons (Fsp3) is 0.333. The van der Waals surface area contributed by atoms with Crippen molar-refractivity contribution in [1.82, 2.24) is 9.78 Å². The normalized spacial score (nSPS) is 9.53. The summed E-state index contributed by atoms with van der Waals surface area (Å²) in [5.41, 5.74) is -0.434. The van der Waals surface area contributed by atoms with E-state index >= 15 is 0 Å². The van der Waals surface area contributed by atoms with Crippen LogP contribution in [0.15, 0.2) is 11.2 Å². The zero-order chi connectivity index (χ0) is 14.4. The maximum atomic E-state index is 11.3. The number of aliphatic imine (C=N–C) groups is 1.